The molecule has 0 spiro atoms. The molecule has 1 atom stereocenters. The van der Waals surface area contributed by atoms with Crippen molar-refractivity contribution < 1.29 is 26.4 Å². The van der Waals surface area contributed by atoms with Crippen molar-refractivity contribution in [1.82, 2.24) is 4.90 Å². The van der Waals surface area contributed by atoms with Crippen molar-refractivity contribution in [3.05, 3.63) is 27.0 Å². The molecular weight excluding hydrogens is 355 g/mol. The van der Waals surface area contributed by atoms with Crippen molar-refractivity contribution in [3.8, 4) is 0 Å². The van der Waals surface area contributed by atoms with Gasteiger partial charge in [0, 0.05) is 0 Å². The fraction of sp³-hybridized carbons (Fsp3) is 0.538. The van der Waals surface area contributed by atoms with Gasteiger partial charge in [-0.2, -0.15) is 0 Å². The Morgan fingerprint density at radius 2 is 2.00 bits per heavy atom. The minimum absolute atomic E-state index is 0.135. The predicted molar refractivity (Wildman–Crippen MR) is 73.6 cm³/mol. The van der Waals surface area contributed by atoms with Crippen LogP contribution in [0.1, 0.15) is 6.92 Å². The number of nitrogens with two attached hydrogens (primary N) is 1. The van der Waals surface area contributed by atoms with Crippen molar-refractivity contribution in [2.24, 2.45) is 5.84 Å². The summed E-state index contributed by atoms with van der Waals surface area (Å²) in [5.74, 6) is 5.41. The van der Waals surface area contributed by atoms with Crippen LogP contribution in [0.3, 0.4) is 0 Å². The maximum atomic E-state index is 11.4. The monoisotopic (exact) mass is 377 g/mol. The Bertz CT molecular complexity index is 419. The topological polar surface area (TPSA) is 60.0 Å². The number of halogens is 1. The molecule has 1 fully saturated rings. The number of alkyl halides is 1. The molecule has 1 aliphatic heterocycles. The summed E-state index contributed by atoms with van der Waals surface area (Å²) in [6.07, 6.45) is 0. The number of hydrogen-bond donors (Lipinski definition) is 2. The van der Waals surface area contributed by atoms with Gasteiger partial charge < -0.3 is 0 Å². The fourth-order valence-corrected chi connectivity index (χ4v) is 4.04. The Hall–Kier alpha value is -0.410. The average molecular weight is 377 g/mol. The van der Waals surface area contributed by atoms with E-state index in [1.807, 2.05) is 12.1 Å². The first-order valence-electron chi connectivity index (χ1n) is 6.56. The molecule has 0 bridgehead atoms. The van der Waals surface area contributed by atoms with Crippen LogP contribution < -0.4 is 37.1 Å². The molecule has 0 radical (unpaired) electrons. The van der Waals surface area contributed by atoms with Gasteiger partial charge in [0.1, 0.15) is 0 Å². The molecule has 1 aromatic carbocycles. The van der Waals surface area contributed by atoms with Gasteiger partial charge in [0.05, 0.1) is 0 Å². The number of rotatable bonds is 4. The van der Waals surface area contributed by atoms with Crippen molar-refractivity contribution in [1.29, 1.82) is 0 Å². The van der Waals surface area contributed by atoms with E-state index >= 15 is 0 Å². The van der Waals surface area contributed by atoms with Gasteiger partial charge in [0.15, 0.2) is 0 Å². The minimum atomic E-state index is -0.307. The number of benzene rings is 1. The van der Waals surface area contributed by atoms with Gasteiger partial charge in [-0.05, 0) is 0 Å². The van der Waals surface area contributed by atoms with Crippen LogP contribution in [0.5, 0.6) is 0 Å². The molecule has 108 valence electrons. The van der Waals surface area contributed by atoms with Crippen LogP contribution >= 0.6 is 0 Å². The van der Waals surface area contributed by atoms with Crippen molar-refractivity contribution >= 4 is 11.4 Å². The van der Waals surface area contributed by atoms with E-state index in [1.165, 1.54) is 5.69 Å². The van der Waals surface area contributed by atoms with Gasteiger partial charge in [0.2, 0.25) is 0 Å². The van der Waals surface area contributed by atoms with Crippen LogP contribution in [0.25, 0.3) is 0 Å². The van der Waals surface area contributed by atoms with Crippen molar-refractivity contribution in [2.75, 3.05) is 42.6 Å². The molecule has 1 unspecified atom stereocenters. The van der Waals surface area contributed by atoms with Crippen LogP contribution in [-0.4, -0.2) is 42.6 Å². The Morgan fingerprint density at radius 3 is 2.53 bits per heavy atom. The third-order valence-corrected chi connectivity index (χ3v) is 5.66. The molecule has 0 aliphatic carbocycles. The second kappa shape index (κ2) is 6.85. The molecule has 0 aromatic heterocycles. The second-order valence-corrected chi connectivity index (χ2v) is 6.88. The number of quaternary nitrogens is 1. The average Bonchev–Trinajstić information content (AvgIpc) is 2.46. The summed E-state index contributed by atoms with van der Waals surface area (Å²) in [5, 5.41) is 11.1. The second-order valence-electron chi connectivity index (χ2n) is 4.64. The van der Waals surface area contributed by atoms with Gasteiger partial charge in [-0.1, -0.05) is 0 Å². The molecule has 3 N–H and O–H groups in total. The summed E-state index contributed by atoms with van der Waals surface area (Å²) in [7, 11) is 0. The standard InChI is InChI=1S/C13H22IN4O/c1-3-16-6-8-17(9-7-16)11-4-5-13(18(15)19)12(10-11)14-2/h4-5,10,18H,3,6-9,15H2,1-2H3/q-1. The van der Waals surface area contributed by atoms with E-state index in [9.17, 15) is 5.21 Å². The van der Waals surface area contributed by atoms with E-state index in [-0.39, 0.29) is 26.4 Å². The van der Waals surface area contributed by atoms with Crippen molar-refractivity contribution in [3.63, 3.8) is 0 Å². The summed E-state index contributed by atoms with van der Waals surface area (Å²) in [5.41, 5.74) is 1.93. The van der Waals surface area contributed by atoms with Crippen LogP contribution in [0.15, 0.2) is 18.2 Å². The first-order valence-corrected chi connectivity index (χ1v) is 9.80. The fourth-order valence-electron chi connectivity index (χ4n) is 2.38. The molecule has 0 saturated carbocycles. The van der Waals surface area contributed by atoms with E-state index in [0.29, 0.717) is 5.69 Å². The number of nitrogens with zero attached hydrogens (tertiary/aromatic N) is 2. The number of piperazine rings is 1. The number of anilines is 1. The van der Waals surface area contributed by atoms with E-state index in [2.05, 4.69) is 27.7 Å². The van der Waals surface area contributed by atoms with Gasteiger partial charge in [0.25, 0.3) is 0 Å². The van der Waals surface area contributed by atoms with E-state index in [4.69, 9.17) is 5.84 Å². The van der Waals surface area contributed by atoms with Crippen LogP contribution in [0.4, 0.5) is 11.4 Å². The SMILES string of the molecule is CCN1CCN(c2ccc([NH+](N)[O-])c([I-]C)c2)CC1. The first-order chi connectivity index (χ1) is 9.15. The van der Waals surface area contributed by atoms with Gasteiger partial charge in [-0.15, -0.1) is 0 Å². The Morgan fingerprint density at radius 1 is 1.32 bits per heavy atom. The molecule has 19 heavy (non-hydrogen) atoms. The summed E-state index contributed by atoms with van der Waals surface area (Å²) in [6.45, 7) is 7.68. The first kappa shape index (κ1) is 15.0. The van der Waals surface area contributed by atoms with Crippen LogP contribution in [0, 0.1) is 8.78 Å². The molecule has 0 amide bonds. The van der Waals surface area contributed by atoms with Crippen molar-refractivity contribution in [2.45, 2.75) is 6.92 Å². The molecule has 1 aromatic rings. The molecule has 1 heterocycles. The Kier molecular flexibility index (Phi) is 5.40. The summed E-state index contributed by atoms with van der Waals surface area (Å²) >= 11 is -0.135. The van der Waals surface area contributed by atoms with E-state index in [1.54, 1.807) is 0 Å². The molecule has 2 rings (SSSR count). The summed E-state index contributed by atoms with van der Waals surface area (Å²) in [4.78, 5) is 7.03. The molecular formula is C13H22IN4O-. The van der Waals surface area contributed by atoms with Crippen LogP contribution in [-0.2, 0) is 0 Å². The number of nitrogen functional groups attached to an aromatic ring is 1. The third-order valence-electron chi connectivity index (χ3n) is 3.61. The molecule has 5 nitrogen and oxygen atoms in total. The number of nitrogens with one attached hydrogen (secondary N) is 1. The Balaban J connectivity index is 2.13. The molecule has 6 heteroatoms. The zero-order valence-corrected chi connectivity index (χ0v) is 13.7. The third kappa shape index (κ3) is 3.57. The number of hydrogen-bond acceptors (Lipinski definition) is 4. The van der Waals surface area contributed by atoms with Gasteiger partial charge in [-0.25, -0.2) is 0 Å². The quantitative estimate of drug-likeness (QED) is 0.249. The van der Waals surface area contributed by atoms with Gasteiger partial charge in [-0.3, -0.25) is 0 Å². The van der Waals surface area contributed by atoms with E-state index in [0.717, 1.165) is 36.3 Å². The zero-order valence-electron chi connectivity index (χ0n) is 11.5. The van der Waals surface area contributed by atoms with Crippen LogP contribution in [0.2, 0.25) is 0 Å². The normalized spacial score (nSPS) is 18.8. The van der Waals surface area contributed by atoms with Gasteiger partial charge >= 0.3 is 125 Å². The molecule has 1 aliphatic rings. The number of likely N-dealkylation sites (N-methyl/N-ethyl adjacent to an activating group) is 1. The zero-order chi connectivity index (χ0) is 13.8. The summed E-state index contributed by atoms with van der Waals surface area (Å²) < 4.78 is 1.15. The molecule has 1 saturated heterocycles. The summed E-state index contributed by atoms with van der Waals surface area (Å²) in [6, 6.07) is 6.09. The predicted octanol–water partition coefficient (Wildman–Crippen LogP) is -3.40. The van der Waals surface area contributed by atoms with E-state index < -0.39 is 0 Å². The maximum absolute atomic E-state index is 11.4. The Labute approximate surface area is 125 Å².